The average Bonchev–Trinajstić information content (AvgIpc) is 2.86. The molecule has 0 fully saturated rings. The van der Waals surface area contributed by atoms with E-state index in [1.165, 1.54) is 21.2 Å². The summed E-state index contributed by atoms with van der Waals surface area (Å²) >= 11 is 5.38. The highest BCUT2D eigenvalue weighted by atomic mass is 79.9. The van der Waals surface area contributed by atoms with Gasteiger partial charge < -0.3 is 5.32 Å². The number of nitrogens with one attached hydrogen (secondary N) is 1. The van der Waals surface area contributed by atoms with E-state index in [1.807, 2.05) is 19.4 Å². The van der Waals surface area contributed by atoms with Crippen LogP contribution in [0.15, 0.2) is 52.6 Å². The fourth-order valence-corrected chi connectivity index (χ4v) is 4.06. The number of benzene rings is 1. The third-order valence-electron chi connectivity index (χ3n) is 3.22. The maximum Gasteiger partial charge on any atom is 0.0686 e. The smallest absolute Gasteiger partial charge is 0.0686 e. The highest BCUT2D eigenvalue weighted by Crippen LogP contribution is 2.35. The summed E-state index contributed by atoms with van der Waals surface area (Å²) in [7, 11) is 1.99. The van der Waals surface area contributed by atoms with Gasteiger partial charge >= 0.3 is 0 Å². The first-order valence-corrected chi connectivity index (χ1v) is 7.71. The fourth-order valence-electron chi connectivity index (χ4n) is 2.33. The van der Waals surface area contributed by atoms with Gasteiger partial charge in [0.2, 0.25) is 0 Å². The quantitative estimate of drug-likeness (QED) is 0.770. The Labute approximate surface area is 124 Å². The van der Waals surface area contributed by atoms with E-state index in [1.54, 1.807) is 11.3 Å². The fraction of sp³-hybridized carbons (Fsp3) is 0.133. The van der Waals surface area contributed by atoms with Crippen molar-refractivity contribution in [2.24, 2.45) is 0 Å². The van der Waals surface area contributed by atoms with E-state index < -0.39 is 0 Å². The number of hydrogen-bond donors (Lipinski definition) is 1. The molecule has 0 radical (unpaired) electrons. The van der Waals surface area contributed by atoms with Gasteiger partial charge in [0.15, 0.2) is 0 Å². The molecule has 1 N–H and O–H groups in total. The van der Waals surface area contributed by atoms with Crippen molar-refractivity contribution in [1.82, 2.24) is 10.3 Å². The number of thiophene rings is 1. The highest BCUT2D eigenvalue weighted by molar-refractivity contribution is 9.10. The van der Waals surface area contributed by atoms with Gasteiger partial charge in [-0.3, -0.25) is 4.98 Å². The van der Waals surface area contributed by atoms with Crippen LogP contribution in [0.4, 0.5) is 0 Å². The van der Waals surface area contributed by atoms with Crippen LogP contribution in [0.5, 0.6) is 0 Å². The van der Waals surface area contributed by atoms with Gasteiger partial charge in [0.1, 0.15) is 0 Å². The molecule has 0 saturated heterocycles. The number of pyridine rings is 1. The lowest BCUT2D eigenvalue weighted by molar-refractivity contribution is 0.706. The van der Waals surface area contributed by atoms with Crippen molar-refractivity contribution >= 4 is 38.0 Å². The van der Waals surface area contributed by atoms with Gasteiger partial charge in [-0.05, 0) is 51.4 Å². The van der Waals surface area contributed by atoms with Crippen molar-refractivity contribution in [3.05, 3.63) is 63.0 Å². The number of nitrogens with zero attached hydrogens (tertiary/aromatic N) is 1. The summed E-state index contributed by atoms with van der Waals surface area (Å²) in [5, 5.41) is 7.93. The molecule has 2 heterocycles. The minimum absolute atomic E-state index is 0.183. The monoisotopic (exact) mass is 332 g/mol. The second-order valence-corrected chi connectivity index (χ2v) is 6.10. The molecule has 0 spiro atoms. The lowest BCUT2D eigenvalue weighted by Gasteiger charge is -2.18. The summed E-state index contributed by atoms with van der Waals surface area (Å²) in [6, 6.07) is 10.7. The normalized spacial score (nSPS) is 12.7. The van der Waals surface area contributed by atoms with Crippen molar-refractivity contribution in [3.8, 4) is 0 Å². The molecule has 3 rings (SSSR count). The van der Waals surface area contributed by atoms with Crippen LogP contribution in [0.25, 0.3) is 10.8 Å². The summed E-state index contributed by atoms with van der Waals surface area (Å²) in [6.07, 6.45) is 3.78. The van der Waals surface area contributed by atoms with E-state index in [9.17, 15) is 0 Å². The van der Waals surface area contributed by atoms with Crippen molar-refractivity contribution in [1.29, 1.82) is 0 Å². The number of halogens is 1. The highest BCUT2D eigenvalue weighted by Gasteiger charge is 2.18. The van der Waals surface area contributed by atoms with Crippen LogP contribution in [-0.2, 0) is 0 Å². The van der Waals surface area contributed by atoms with Gasteiger partial charge in [0.25, 0.3) is 0 Å². The van der Waals surface area contributed by atoms with Crippen LogP contribution >= 0.6 is 27.3 Å². The SMILES string of the molecule is CNC(c1sccc1Br)c1cccc2ccncc12. The number of aromatic nitrogens is 1. The molecule has 2 nitrogen and oxygen atoms in total. The topological polar surface area (TPSA) is 24.9 Å². The Bertz CT molecular complexity index is 703. The first-order chi connectivity index (χ1) is 9.31. The Morgan fingerprint density at radius 2 is 2.16 bits per heavy atom. The average molecular weight is 333 g/mol. The van der Waals surface area contributed by atoms with Crippen LogP contribution in [-0.4, -0.2) is 12.0 Å². The molecule has 0 saturated carbocycles. The Morgan fingerprint density at radius 3 is 2.89 bits per heavy atom. The van der Waals surface area contributed by atoms with Gasteiger partial charge in [-0.25, -0.2) is 0 Å². The maximum atomic E-state index is 4.26. The Kier molecular flexibility index (Phi) is 3.64. The second-order valence-electron chi connectivity index (χ2n) is 4.30. The van der Waals surface area contributed by atoms with Crippen LogP contribution < -0.4 is 5.32 Å². The minimum Gasteiger partial charge on any atom is -0.309 e. The zero-order valence-electron chi connectivity index (χ0n) is 10.4. The Hall–Kier alpha value is -1.23. The molecule has 96 valence electrons. The molecule has 0 amide bonds. The van der Waals surface area contributed by atoms with Crippen LogP contribution in [0, 0.1) is 0 Å². The predicted octanol–water partition coefficient (Wildman–Crippen LogP) is 4.37. The lowest BCUT2D eigenvalue weighted by atomic mass is 9.99. The lowest BCUT2D eigenvalue weighted by Crippen LogP contribution is -2.17. The van der Waals surface area contributed by atoms with Gasteiger partial charge in [-0.2, -0.15) is 0 Å². The van der Waals surface area contributed by atoms with E-state index in [0.29, 0.717) is 0 Å². The molecule has 19 heavy (non-hydrogen) atoms. The summed E-state index contributed by atoms with van der Waals surface area (Å²) < 4.78 is 1.15. The minimum atomic E-state index is 0.183. The molecule has 3 aromatic rings. The van der Waals surface area contributed by atoms with E-state index in [-0.39, 0.29) is 6.04 Å². The third-order valence-corrected chi connectivity index (χ3v) is 5.16. The van der Waals surface area contributed by atoms with Crippen molar-refractivity contribution < 1.29 is 0 Å². The third kappa shape index (κ3) is 2.31. The van der Waals surface area contributed by atoms with Crippen LogP contribution in [0.1, 0.15) is 16.5 Å². The van der Waals surface area contributed by atoms with E-state index in [2.05, 4.69) is 61.9 Å². The molecule has 1 aromatic carbocycles. The molecular formula is C15H13BrN2S. The molecule has 0 aliphatic heterocycles. The van der Waals surface area contributed by atoms with Gasteiger partial charge in [-0.1, -0.05) is 18.2 Å². The molecule has 0 aliphatic carbocycles. The molecule has 0 bridgehead atoms. The largest absolute Gasteiger partial charge is 0.309 e. The van der Waals surface area contributed by atoms with Crippen LogP contribution in [0.2, 0.25) is 0 Å². The first kappa shape index (κ1) is 12.8. The maximum absolute atomic E-state index is 4.26. The van der Waals surface area contributed by atoms with Crippen molar-refractivity contribution in [2.75, 3.05) is 7.05 Å². The predicted molar refractivity (Wildman–Crippen MR) is 84.7 cm³/mol. The standard InChI is InChI=1S/C15H13BrN2S/c1-17-14(15-13(16)6-8-19-15)11-4-2-3-10-5-7-18-9-12(10)11/h2-9,14,17H,1H3. The summed E-state index contributed by atoms with van der Waals surface area (Å²) in [6.45, 7) is 0. The zero-order valence-corrected chi connectivity index (χ0v) is 12.8. The zero-order chi connectivity index (χ0) is 13.2. The number of hydrogen-bond acceptors (Lipinski definition) is 3. The summed E-state index contributed by atoms with van der Waals surface area (Å²) in [5.41, 5.74) is 1.26. The van der Waals surface area contributed by atoms with Gasteiger partial charge in [0, 0.05) is 27.1 Å². The molecule has 4 heteroatoms. The van der Waals surface area contributed by atoms with E-state index in [4.69, 9.17) is 0 Å². The molecule has 0 aliphatic rings. The molecular weight excluding hydrogens is 320 g/mol. The summed E-state index contributed by atoms with van der Waals surface area (Å²) in [4.78, 5) is 5.55. The van der Waals surface area contributed by atoms with Gasteiger partial charge in [-0.15, -0.1) is 11.3 Å². The molecule has 1 unspecified atom stereocenters. The molecule has 2 aromatic heterocycles. The van der Waals surface area contributed by atoms with Crippen LogP contribution in [0.3, 0.4) is 0 Å². The first-order valence-electron chi connectivity index (χ1n) is 6.04. The number of fused-ring (bicyclic) bond motifs is 1. The van der Waals surface area contributed by atoms with E-state index >= 15 is 0 Å². The Morgan fingerprint density at radius 1 is 1.26 bits per heavy atom. The summed E-state index contributed by atoms with van der Waals surface area (Å²) in [5.74, 6) is 0. The Balaban J connectivity index is 2.20. The van der Waals surface area contributed by atoms with E-state index in [0.717, 1.165) is 4.47 Å². The number of rotatable bonds is 3. The van der Waals surface area contributed by atoms with Gasteiger partial charge in [0.05, 0.1) is 6.04 Å². The molecule has 1 atom stereocenters. The van der Waals surface area contributed by atoms with Crippen molar-refractivity contribution in [3.63, 3.8) is 0 Å². The second kappa shape index (κ2) is 5.41. The van der Waals surface area contributed by atoms with Crippen molar-refractivity contribution in [2.45, 2.75) is 6.04 Å².